The summed E-state index contributed by atoms with van der Waals surface area (Å²) >= 11 is 0. The summed E-state index contributed by atoms with van der Waals surface area (Å²) in [7, 11) is 0. The zero-order chi connectivity index (χ0) is 31.1. The molecule has 0 radical (unpaired) electrons. The number of aliphatic hydroxyl groups excluding tert-OH is 1. The second-order valence-electron chi connectivity index (χ2n) is 11.0. The summed E-state index contributed by atoms with van der Waals surface area (Å²) in [6.07, 6.45) is 2.75. The van der Waals surface area contributed by atoms with Crippen LogP contribution in [-0.2, 0) is 32.1 Å². The maximum absolute atomic E-state index is 13.9. The normalized spacial score (nSPS) is 13.3. The third-order valence-electron chi connectivity index (χ3n) is 7.81. The number of carbonyl (C=O) groups excluding carboxylic acids is 4. The molecular weight excluding hydrogens is 560 g/mol. The lowest BCUT2D eigenvalue weighted by molar-refractivity contribution is -0.162. The third-order valence-corrected chi connectivity index (χ3v) is 7.81. The minimum Gasteiger partial charge on any atom is -0.443 e. The van der Waals surface area contributed by atoms with E-state index in [0.29, 0.717) is 51.6 Å². The number of hydrogen-bond donors (Lipinski definition) is 3. The Morgan fingerprint density at radius 1 is 0.864 bits per heavy atom. The molecule has 0 aliphatic carbocycles. The topological polar surface area (TPSA) is 128 Å². The summed E-state index contributed by atoms with van der Waals surface area (Å²) in [4.78, 5) is 52.4. The molecule has 0 unspecified atom stereocenters. The van der Waals surface area contributed by atoms with Crippen molar-refractivity contribution in [1.29, 1.82) is 0 Å². The van der Waals surface area contributed by atoms with Crippen molar-refractivity contribution in [1.82, 2.24) is 20.9 Å². The monoisotopic (exact) mass is 602 g/mol. The molecule has 3 aromatic rings. The maximum atomic E-state index is 13.9. The number of nitrogens with zero attached hydrogens (tertiary/aromatic N) is 2. The van der Waals surface area contributed by atoms with Gasteiger partial charge in [-0.25, -0.2) is 10.2 Å². The number of Topliss-reactive ketones (excluding diaryl/α,β-unsaturated/α-hetero) is 1. The van der Waals surface area contributed by atoms with Crippen molar-refractivity contribution in [3.05, 3.63) is 83.9 Å². The van der Waals surface area contributed by atoms with Crippen LogP contribution in [0.3, 0.4) is 0 Å². The average molecular weight is 603 g/mol. The number of piperidine rings is 1. The third kappa shape index (κ3) is 9.62. The molecular formula is C34H42N4O6. The molecule has 0 spiro atoms. The molecule has 1 aliphatic rings. The van der Waals surface area contributed by atoms with Crippen LogP contribution in [0.25, 0.3) is 10.8 Å². The molecule has 234 valence electrons. The van der Waals surface area contributed by atoms with Crippen LogP contribution in [-0.4, -0.2) is 65.2 Å². The van der Waals surface area contributed by atoms with E-state index in [4.69, 9.17) is 9.84 Å². The maximum Gasteiger partial charge on any atom is 0.430 e. The fraction of sp³-hybridized carbons (Fsp3) is 0.412. The molecule has 0 bridgehead atoms. The Morgan fingerprint density at radius 3 is 2.36 bits per heavy atom. The van der Waals surface area contributed by atoms with Crippen LogP contribution in [0.1, 0.15) is 56.1 Å². The smallest absolute Gasteiger partial charge is 0.430 e. The van der Waals surface area contributed by atoms with E-state index in [1.807, 2.05) is 72.8 Å². The van der Waals surface area contributed by atoms with Crippen molar-refractivity contribution in [2.75, 3.05) is 26.2 Å². The first kappa shape index (κ1) is 32.6. The van der Waals surface area contributed by atoms with Gasteiger partial charge in [-0.2, -0.15) is 10.1 Å². The summed E-state index contributed by atoms with van der Waals surface area (Å²) in [6.45, 7) is 0.986. The van der Waals surface area contributed by atoms with Crippen molar-refractivity contribution in [2.24, 2.45) is 5.92 Å². The number of benzene rings is 3. The van der Waals surface area contributed by atoms with E-state index in [-0.39, 0.29) is 43.6 Å². The van der Waals surface area contributed by atoms with E-state index >= 15 is 0 Å². The zero-order valence-corrected chi connectivity index (χ0v) is 25.1. The number of unbranched alkanes of at least 4 members (excludes halogenated alkanes) is 2. The van der Waals surface area contributed by atoms with Gasteiger partial charge in [0.2, 0.25) is 5.91 Å². The second-order valence-corrected chi connectivity index (χ2v) is 11.0. The number of fused-ring (bicyclic) bond motifs is 1. The minimum atomic E-state index is -0.760. The van der Waals surface area contributed by atoms with E-state index in [0.717, 1.165) is 27.0 Å². The van der Waals surface area contributed by atoms with Crippen molar-refractivity contribution < 1.29 is 29.0 Å². The summed E-state index contributed by atoms with van der Waals surface area (Å²) in [5.41, 5.74) is 4.54. The first-order chi connectivity index (χ1) is 21.5. The van der Waals surface area contributed by atoms with Crippen LogP contribution < -0.4 is 10.7 Å². The van der Waals surface area contributed by atoms with Gasteiger partial charge in [-0.1, -0.05) is 79.2 Å². The molecule has 1 aliphatic heterocycles. The fourth-order valence-electron chi connectivity index (χ4n) is 5.30. The highest BCUT2D eigenvalue weighted by atomic mass is 16.6. The van der Waals surface area contributed by atoms with Gasteiger partial charge in [0.25, 0.3) is 5.91 Å². The first-order valence-corrected chi connectivity index (χ1v) is 15.4. The quantitative estimate of drug-likeness (QED) is 0.197. The number of ether oxygens (including phenoxy) is 1. The molecule has 0 saturated carbocycles. The van der Waals surface area contributed by atoms with Crippen molar-refractivity contribution in [2.45, 2.75) is 58.0 Å². The van der Waals surface area contributed by atoms with Crippen LogP contribution in [0, 0.1) is 5.92 Å². The minimum absolute atomic E-state index is 0.00144. The summed E-state index contributed by atoms with van der Waals surface area (Å²) in [5, 5.41) is 16.6. The molecule has 10 heteroatoms. The van der Waals surface area contributed by atoms with Gasteiger partial charge in [-0.15, -0.1) is 0 Å². The van der Waals surface area contributed by atoms with Gasteiger partial charge in [-0.3, -0.25) is 14.4 Å². The van der Waals surface area contributed by atoms with Gasteiger partial charge in [0.05, 0.1) is 0 Å². The number of amides is 3. The SMILES string of the molecule is O=C(CO)CCCCCN(C(=O)OCc1ccccc1)N(NC(=O)C1CCNCC1)C(=O)CCc1cccc2ccccc12. The van der Waals surface area contributed by atoms with Gasteiger partial charge in [0.15, 0.2) is 5.78 Å². The average Bonchev–Trinajstić information content (AvgIpc) is 3.07. The Bertz CT molecular complexity index is 1390. The number of ketones is 1. The fourth-order valence-corrected chi connectivity index (χ4v) is 5.30. The molecule has 3 aromatic carbocycles. The van der Waals surface area contributed by atoms with Gasteiger partial charge < -0.3 is 15.2 Å². The number of hydrazine groups is 2. The lowest BCUT2D eigenvalue weighted by atomic mass is 9.98. The molecule has 44 heavy (non-hydrogen) atoms. The summed E-state index contributed by atoms with van der Waals surface area (Å²) < 4.78 is 5.63. The van der Waals surface area contributed by atoms with Crippen molar-refractivity contribution in [3.8, 4) is 0 Å². The number of carbonyl (C=O) groups is 4. The van der Waals surface area contributed by atoms with Crippen LogP contribution in [0.2, 0.25) is 0 Å². The summed E-state index contributed by atoms with van der Waals surface area (Å²) in [5.74, 6) is -1.30. The predicted molar refractivity (Wildman–Crippen MR) is 167 cm³/mol. The number of aliphatic hydroxyl groups is 1. The molecule has 1 heterocycles. The Balaban J connectivity index is 1.53. The highest BCUT2D eigenvalue weighted by Crippen LogP contribution is 2.21. The van der Waals surface area contributed by atoms with E-state index < -0.39 is 18.6 Å². The van der Waals surface area contributed by atoms with E-state index in [1.54, 1.807) is 0 Å². The highest BCUT2D eigenvalue weighted by Gasteiger charge is 2.31. The molecule has 4 rings (SSSR count). The van der Waals surface area contributed by atoms with Crippen LogP contribution in [0.15, 0.2) is 72.8 Å². The number of aryl methyl sites for hydroxylation is 1. The molecule has 10 nitrogen and oxygen atoms in total. The van der Waals surface area contributed by atoms with Crippen LogP contribution in [0.5, 0.6) is 0 Å². The van der Waals surface area contributed by atoms with Crippen molar-refractivity contribution in [3.63, 3.8) is 0 Å². The molecule has 3 N–H and O–H groups in total. The standard InChI is InChI=1S/C34H42N4O6/c39-24-30(40)15-5-2-8-23-37(34(43)44-25-26-10-3-1-4-11-26)38(36-33(42)29-19-21-35-22-20-29)32(41)18-17-28-14-9-13-27-12-6-7-16-31(27)28/h1,3-4,6-7,9-14,16,29,35,39H,2,5,8,15,17-25H2,(H,36,42). The second kappa shape index (κ2) is 17.1. The Morgan fingerprint density at radius 2 is 1.59 bits per heavy atom. The molecule has 1 fully saturated rings. The number of nitrogens with one attached hydrogen (secondary N) is 2. The predicted octanol–water partition coefficient (Wildman–Crippen LogP) is 4.31. The number of hydrogen-bond acceptors (Lipinski definition) is 7. The van der Waals surface area contributed by atoms with E-state index in [2.05, 4.69) is 10.7 Å². The Hall–Kier alpha value is -4.28. The van der Waals surface area contributed by atoms with Gasteiger partial charge in [-0.05, 0) is 67.1 Å². The first-order valence-electron chi connectivity index (χ1n) is 15.4. The lowest BCUT2D eigenvalue weighted by Crippen LogP contribution is -2.60. The molecule has 0 atom stereocenters. The summed E-state index contributed by atoms with van der Waals surface area (Å²) in [6, 6.07) is 23.1. The van der Waals surface area contributed by atoms with Gasteiger partial charge >= 0.3 is 6.09 Å². The largest absolute Gasteiger partial charge is 0.443 e. The molecule has 1 saturated heterocycles. The molecule has 3 amide bonds. The van der Waals surface area contributed by atoms with Crippen molar-refractivity contribution >= 4 is 34.5 Å². The molecule has 0 aromatic heterocycles. The Labute approximate surface area is 258 Å². The lowest BCUT2D eigenvalue weighted by Gasteiger charge is -2.35. The van der Waals surface area contributed by atoms with Gasteiger partial charge in [0.1, 0.15) is 13.2 Å². The Kier molecular flexibility index (Phi) is 12.7. The van der Waals surface area contributed by atoms with Crippen LogP contribution in [0.4, 0.5) is 4.79 Å². The van der Waals surface area contributed by atoms with Crippen LogP contribution >= 0.6 is 0 Å². The van der Waals surface area contributed by atoms with Gasteiger partial charge in [0, 0.05) is 25.3 Å². The zero-order valence-electron chi connectivity index (χ0n) is 25.1. The van der Waals surface area contributed by atoms with E-state index in [1.165, 1.54) is 5.01 Å². The van der Waals surface area contributed by atoms with E-state index in [9.17, 15) is 19.2 Å². The number of rotatable bonds is 13. The highest BCUT2D eigenvalue weighted by molar-refractivity contribution is 5.87.